The Morgan fingerprint density at radius 3 is 2.53 bits per heavy atom. The summed E-state index contributed by atoms with van der Waals surface area (Å²) >= 11 is 0. The maximum absolute atomic E-state index is 13.2. The topological polar surface area (TPSA) is 138 Å². The number of hydrogen-bond acceptors (Lipinski definition) is 5. The molecule has 9 nitrogen and oxygen atoms in total. The van der Waals surface area contributed by atoms with Gasteiger partial charge >= 0.3 is 5.97 Å². The van der Waals surface area contributed by atoms with Crippen molar-refractivity contribution in [3.8, 4) is 17.5 Å². The molecule has 0 fully saturated rings. The predicted molar refractivity (Wildman–Crippen MR) is 117 cm³/mol. The molecule has 0 radical (unpaired) electrons. The first-order chi connectivity index (χ1) is 15.3. The molecule has 4 N–H and O–H groups in total. The number of aryl methyl sites for hydroxylation is 1. The Hall–Kier alpha value is -4.45. The van der Waals surface area contributed by atoms with Crippen LogP contribution in [0.15, 0.2) is 42.5 Å². The minimum Gasteiger partial charge on any atom is -0.481 e. The van der Waals surface area contributed by atoms with Crippen LogP contribution in [0.25, 0.3) is 5.69 Å². The molecule has 32 heavy (non-hydrogen) atoms. The van der Waals surface area contributed by atoms with Gasteiger partial charge in [-0.05, 0) is 37.3 Å². The zero-order valence-electron chi connectivity index (χ0n) is 17.3. The molecule has 1 aromatic heterocycles. The predicted octanol–water partition coefficient (Wildman–Crippen LogP) is 1.69. The Morgan fingerprint density at radius 2 is 1.84 bits per heavy atom. The number of aliphatic carboxylic acids is 1. The van der Waals surface area contributed by atoms with Gasteiger partial charge in [-0.15, -0.1) is 10.2 Å². The molecule has 2 aromatic carbocycles. The number of aromatic nitrogens is 3. The van der Waals surface area contributed by atoms with E-state index in [9.17, 15) is 9.59 Å². The standard InChI is InChI=1S/C23H20N6O3/c1-14-26-27-20-13-28(11-10-21(30)31)23(32)18-12-16(6-9-19(18)29(14)20)3-2-15-4-7-17(8-5-15)22(24)25/h4-9,12H,10-11,13H2,1H3,(H3,24,25)(H,30,31). The Balaban J connectivity index is 1.72. The Kier molecular flexibility index (Phi) is 5.43. The molecule has 3 aromatic rings. The third-order valence-corrected chi connectivity index (χ3v) is 5.12. The summed E-state index contributed by atoms with van der Waals surface area (Å²) < 4.78 is 1.81. The molecular weight excluding hydrogens is 408 g/mol. The number of nitrogen functional groups attached to an aromatic ring is 1. The van der Waals surface area contributed by atoms with Crippen molar-refractivity contribution in [1.29, 1.82) is 5.41 Å². The highest BCUT2D eigenvalue weighted by Gasteiger charge is 2.28. The number of nitrogens with zero attached hydrogens (tertiary/aromatic N) is 4. The highest BCUT2D eigenvalue weighted by molar-refractivity contribution is 5.99. The van der Waals surface area contributed by atoms with Gasteiger partial charge in [0.15, 0.2) is 5.82 Å². The third kappa shape index (κ3) is 4.06. The van der Waals surface area contributed by atoms with Crippen molar-refractivity contribution in [3.63, 3.8) is 0 Å². The lowest BCUT2D eigenvalue weighted by molar-refractivity contribution is -0.137. The van der Waals surface area contributed by atoms with Crippen molar-refractivity contribution in [3.05, 3.63) is 76.4 Å². The van der Waals surface area contributed by atoms with Crippen LogP contribution in [0.5, 0.6) is 0 Å². The number of carbonyl (C=O) groups is 2. The highest BCUT2D eigenvalue weighted by atomic mass is 16.4. The number of nitrogens with one attached hydrogen (secondary N) is 1. The second kappa shape index (κ2) is 8.35. The van der Waals surface area contributed by atoms with Gasteiger partial charge in [0, 0.05) is 23.2 Å². The normalized spacial score (nSPS) is 12.3. The van der Waals surface area contributed by atoms with Gasteiger partial charge in [-0.1, -0.05) is 24.0 Å². The van der Waals surface area contributed by atoms with E-state index >= 15 is 0 Å². The third-order valence-electron chi connectivity index (χ3n) is 5.12. The second-order valence-electron chi connectivity index (χ2n) is 7.34. The number of amides is 1. The van der Waals surface area contributed by atoms with Crippen LogP contribution in [0.4, 0.5) is 0 Å². The Bertz CT molecular complexity index is 1300. The minimum atomic E-state index is -0.977. The zero-order valence-corrected chi connectivity index (χ0v) is 17.3. The minimum absolute atomic E-state index is 0.00937. The van der Waals surface area contributed by atoms with Gasteiger partial charge in [-0.3, -0.25) is 19.6 Å². The fourth-order valence-electron chi connectivity index (χ4n) is 3.50. The Labute approximate surface area is 184 Å². The highest BCUT2D eigenvalue weighted by Crippen LogP contribution is 2.26. The number of benzene rings is 2. The van der Waals surface area contributed by atoms with Crippen LogP contribution in [0.3, 0.4) is 0 Å². The summed E-state index contributed by atoms with van der Waals surface area (Å²) in [6, 6.07) is 12.3. The number of rotatable bonds is 4. The van der Waals surface area contributed by atoms with E-state index in [0.717, 1.165) is 5.56 Å². The quantitative estimate of drug-likeness (QED) is 0.328. The fraction of sp³-hybridized carbons (Fsp3) is 0.174. The van der Waals surface area contributed by atoms with E-state index in [4.69, 9.17) is 16.2 Å². The smallest absolute Gasteiger partial charge is 0.305 e. The molecule has 0 atom stereocenters. The SMILES string of the molecule is Cc1nnc2n1-c1ccc(C#Cc3ccc(C(=N)N)cc3)cc1C(=O)N(CCC(=O)O)C2. The lowest BCUT2D eigenvalue weighted by Gasteiger charge is -2.19. The molecule has 1 aliphatic rings. The maximum Gasteiger partial charge on any atom is 0.305 e. The summed E-state index contributed by atoms with van der Waals surface area (Å²) in [5.41, 5.74) is 8.53. The van der Waals surface area contributed by atoms with Crippen molar-refractivity contribution in [2.24, 2.45) is 5.73 Å². The number of fused-ring (bicyclic) bond motifs is 3. The summed E-state index contributed by atoms with van der Waals surface area (Å²) in [4.78, 5) is 25.8. The molecule has 4 rings (SSSR count). The van der Waals surface area contributed by atoms with Crippen LogP contribution in [-0.2, 0) is 11.3 Å². The average Bonchev–Trinajstić information content (AvgIpc) is 3.08. The monoisotopic (exact) mass is 428 g/mol. The summed E-state index contributed by atoms with van der Waals surface area (Å²) in [6.45, 7) is 2.04. The number of carboxylic acids is 1. The van der Waals surface area contributed by atoms with Gasteiger partial charge in [0.25, 0.3) is 5.91 Å². The van der Waals surface area contributed by atoms with E-state index < -0.39 is 5.97 Å². The average molecular weight is 428 g/mol. The van der Waals surface area contributed by atoms with E-state index in [2.05, 4.69) is 22.0 Å². The van der Waals surface area contributed by atoms with Gasteiger partial charge in [-0.2, -0.15) is 0 Å². The lowest BCUT2D eigenvalue weighted by atomic mass is 10.1. The molecule has 0 spiro atoms. The first-order valence-electron chi connectivity index (χ1n) is 9.86. The fourth-order valence-corrected chi connectivity index (χ4v) is 3.50. The summed E-state index contributed by atoms with van der Waals surface area (Å²) in [6.07, 6.45) is -0.163. The number of nitrogens with two attached hydrogens (primary N) is 1. The van der Waals surface area contributed by atoms with E-state index in [0.29, 0.717) is 34.0 Å². The summed E-state index contributed by atoms with van der Waals surface area (Å²) in [5.74, 6) is 6.05. The van der Waals surface area contributed by atoms with Crippen molar-refractivity contribution < 1.29 is 14.7 Å². The first-order valence-corrected chi connectivity index (χ1v) is 9.86. The Morgan fingerprint density at radius 1 is 1.16 bits per heavy atom. The molecule has 0 saturated heterocycles. The molecule has 0 bridgehead atoms. The van der Waals surface area contributed by atoms with Gasteiger partial charge < -0.3 is 15.7 Å². The van der Waals surface area contributed by atoms with Crippen molar-refractivity contribution >= 4 is 17.7 Å². The largest absolute Gasteiger partial charge is 0.481 e. The summed E-state index contributed by atoms with van der Waals surface area (Å²) in [5, 5.41) is 24.8. The number of amidine groups is 1. The van der Waals surface area contributed by atoms with E-state index in [1.165, 1.54) is 4.90 Å². The molecular formula is C23H20N6O3. The number of carboxylic acid groups (broad SMARTS) is 1. The molecule has 160 valence electrons. The zero-order chi connectivity index (χ0) is 22.8. The number of hydrogen-bond donors (Lipinski definition) is 3. The van der Waals surface area contributed by atoms with Crippen LogP contribution in [-0.4, -0.2) is 49.0 Å². The van der Waals surface area contributed by atoms with Crippen LogP contribution in [0.1, 0.15) is 45.1 Å². The maximum atomic E-state index is 13.2. The van der Waals surface area contributed by atoms with Gasteiger partial charge in [0.05, 0.1) is 24.2 Å². The van der Waals surface area contributed by atoms with Crippen molar-refractivity contribution in [2.75, 3.05) is 6.54 Å². The second-order valence-corrected chi connectivity index (χ2v) is 7.34. The van der Waals surface area contributed by atoms with E-state index in [1.54, 1.807) is 43.3 Å². The number of carbonyl (C=O) groups excluding carboxylic acids is 1. The van der Waals surface area contributed by atoms with Crippen LogP contribution < -0.4 is 5.73 Å². The van der Waals surface area contributed by atoms with Crippen LogP contribution in [0.2, 0.25) is 0 Å². The molecule has 0 saturated carbocycles. The van der Waals surface area contributed by atoms with Crippen molar-refractivity contribution in [2.45, 2.75) is 19.9 Å². The molecule has 0 unspecified atom stereocenters. The lowest BCUT2D eigenvalue weighted by Crippen LogP contribution is -2.32. The van der Waals surface area contributed by atoms with Gasteiger partial charge in [0.2, 0.25) is 0 Å². The van der Waals surface area contributed by atoms with Crippen molar-refractivity contribution in [1.82, 2.24) is 19.7 Å². The molecule has 2 heterocycles. The molecule has 1 aliphatic heterocycles. The van der Waals surface area contributed by atoms with Gasteiger partial charge in [-0.25, -0.2) is 0 Å². The summed E-state index contributed by atoms with van der Waals surface area (Å²) in [7, 11) is 0. The van der Waals surface area contributed by atoms with Crippen LogP contribution >= 0.6 is 0 Å². The van der Waals surface area contributed by atoms with Gasteiger partial charge in [0.1, 0.15) is 11.7 Å². The van der Waals surface area contributed by atoms with E-state index in [1.807, 2.05) is 10.6 Å². The molecule has 1 amide bonds. The van der Waals surface area contributed by atoms with Crippen LogP contribution in [0, 0.1) is 24.2 Å². The first kappa shape index (κ1) is 20.8. The van der Waals surface area contributed by atoms with E-state index in [-0.39, 0.29) is 31.3 Å². The molecule has 0 aliphatic carbocycles. The molecule has 9 heteroatoms.